The van der Waals surface area contributed by atoms with Crippen LogP contribution in [-0.2, 0) is 9.59 Å². The molecule has 25 heavy (non-hydrogen) atoms. The molecule has 2 atom stereocenters. The average Bonchev–Trinajstić information content (AvgIpc) is 3.18. The van der Waals surface area contributed by atoms with Crippen molar-refractivity contribution in [1.82, 2.24) is 15.1 Å². The maximum Gasteiger partial charge on any atom is 0.325 e. The Labute approximate surface area is 149 Å². The molecule has 0 aromatic carbocycles. The van der Waals surface area contributed by atoms with Gasteiger partial charge in [0, 0.05) is 25.6 Å². The van der Waals surface area contributed by atoms with Crippen LogP contribution in [0.4, 0.5) is 4.79 Å². The number of rotatable bonds is 3. The Morgan fingerprint density at radius 3 is 2.56 bits per heavy atom. The van der Waals surface area contributed by atoms with Crippen LogP contribution in [0.1, 0.15) is 70.6 Å². The third kappa shape index (κ3) is 2.93. The number of nitrogens with zero attached hydrogens (tertiary/aromatic N) is 2. The third-order valence-electron chi connectivity index (χ3n) is 6.82. The number of likely N-dealkylation sites (tertiary alicyclic amines) is 1. The van der Waals surface area contributed by atoms with Gasteiger partial charge in [0.05, 0.1) is 0 Å². The highest BCUT2D eigenvalue weighted by Crippen LogP contribution is 2.36. The molecule has 2 aliphatic heterocycles. The van der Waals surface area contributed by atoms with Crippen molar-refractivity contribution in [2.45, 2.75) is 82.2 Å². The molecule has 1 spiro atoms. The molecule has 2 unspecified atom stereocenters. The van der Waals surface area contributed by atoms with Gasteiger partial charge in [0.2, 0.25) is 5.91 Å². The smallest absolute Gasteiger partial charge is 0.325 e. The number of imide groups is 1. The summed E-state index contributed by atoms with van der Waals surface area (Å²) in [7, 11) is 0. The van der Waals surface area contributed by atoms with Gasteiger partial charge >= 0.3 is 6.03 Å². The molecule has 2 heterocycles. The second-order valence-corrected chi connectivity index (χ2v) is 8.27. The lowest BCUT2D eigenvalue weighted by Gasteiger charge is -2.44. The van der Waals surface area contributed by atoms with Crippen molar-refractivity contribution in [3.8, 4) is 0 Å². The predicted octanol–water partition coefficient (Wildman–Crippen LogP) is 2.42. The molecule has 0 radical (unpaired) electrons. The Morgan fingerprint density at radius 1 is 1.04 bits per heavy atom. The number of hydrogen-bond donors (Lipinski definition) is 1. The summed E-state index contributed by atoms with van der Waals surface area (Å²) in [6.45, 7) is 1.06. The Kier molecular flexibility index (Phi) is 4.46. The zero-order chi connectivity index (χ0) is 17.4. The highest BCUT2D eigenvalue weighted by atomic mass is 16.2. The van der Waals surface area contributed by atoms with Gasteiger partial charge in [-0.25, -0.2) is 4.79 Å². The highest BCUT2D eigenvalue weighted by molar-refractivity contribution is 6.07. The summed E-state index contributed by atoms with van der Waals surface area (Å²) in [6.07, 6.45) is 10.9. The molecule has 0 aromatic heterocycles. The minimum absolute atomic E-state index is 0.114. The Morgan fingerprint density at radius 2 is 1.76 bits per heavy atom. The van der Waals surface area contributed by atoms with Gasteiger partial charge in [-0.2, -0.15) is 0 Å². The number of piperidine rings is 1. The molecule has 138 valence electrons. The second kappa shape index (κ2) is 6.61. The van der Waals surface area contributed by atoms with Gasteiger partial charge in [-0.1, -0.05) is 25.7 Å². The summed E-state index contributed by atoms with van der Waals surface area (Å²) < 4.78 is 0. The predicted molar refractivity (Wildman–Crippen MR) is 92.8 cm³/mol. The molecule has 2 aliphatic carbocycles. The summed E-state index contributed by atoms with van der Waals surface area (Å²) in [6, 6.07) is 0.0770. The number of fused-ring (bicyclic) bond motifs is 1. The van der Waals surface area contributed by atoms with E-state index in [2.05, 4.69) is 10.2 Å². The first-order valence-corrected chi connectivity index (χ1v) is 10.0. The summed E-state index contributed by atoms with van der Waals surface area (Å²) in [5.74, 6) is 0.659. The zero-order valence-corrected chi connectivity index (χ0v) is 15.0. The number of hydrogen-bond acceptors (Lipinski definition) is 3. The first-order valence-electron chi connectivity index (χ1n) is 10.0. The fourth-order valence-corrected chi connectivity index (χ4v) is 5.48. The normalized spacial score (nSPS) is 31.4. The fraction of sp³-hybridized carbons (Fsp3) is 0.842. The van der Waals surface area contributed by atoms with Crippen LogP contribution in [-0.4, -0.2) is 52.3 Å². The summed E-state index contributed by atoms with van der Waals surface area (Å²) >= 11 is 0. The number of urea groups is 1. The van der Waals surface area contributed by atoms with Crippen LogP contribution in [0.15, 0.2) is 0 Å². The number of carbonyl (C=O) groups is 3. The molecule has 0 bridgehead atoms. The standard InChI is InChI=1S/C19H29N3O3/c23-16(21-12-5-7-14-6-1-2-8-15(14)21)9-13-22-17(24)19(20-18(22)25)10-3-4-11-19/h14-15H,1-13H2,(H,20,25). The van der Waals surface area contributed by atoms with Crippen LogP contribution in [0.3, 0.4) is 0 Å². The van der Waals surface area contributed by atoms with Crippen molar-refractivity contribution in [2.24, 2.45) is 5.92 Å². The molecule has 4 amide bonds. The van der Waals surface area contributed by atoms with E-state index in [-0.39, 0.29) is 30.8 Å². The van der Waals surface area contributed by atoms with E-state index in [0.717, 1.165) is 45.1 Å². The lowest BCUT2D eigenvalue weighted by atomic mass is 9.78. The Balaban J connectivity index is 1.37. The molecule has 2 saturated heterocycles. The summed E-state index contributed by atoms with van der Waals surface area (Å²) in [4.78, 5) is 41.0. The van der Waals surface area contributed by atoms with E-state index >= 15 is 0 Å². The molecule has 0 aromatic rings. The SMILES string of the molecule is O=C1NC2(CCCC2)C(=O)N1CCC(=O)N1CCCC2CCCCC21. The van der Waals surface area contributed by atoms with Crippen LogP contribution in [0.2, 0.25) is 0 Å². The first-order chi connectivity index (χ1) is 12.1. The van der Waals surface area contributed by atoms with Crippen molar-refractivity contribution >= 4 is 17.8 Å². The molecule has 6 nitrogen and oxygen atoms in total. The first kappa shape index (κ1) is 16.9. The number of amides is 4. The fourth-order valence-electron chi connectivity index (χ4n) is 5.48. The van der Waals surface area contributed by atoms with Crippen LogP contribution >= 0.6 is 0 Å². The van der Waals surface area contributed by atoms with E-state index in [4.69, 9.17) is 0 Å². The summed E-state index contributed by atoms with van der Waals surface area (Å²) in [5.41, 5.74) is -0.667. The Hall–Kier alpha value is -1.59. The van der Waals surface area contributed by atoms with Crippen LogP contribution in [0, 0.1) is 5.92 Å². The van der Waals surface area contributed by atoms with Gasteiger partial charge in [0.25, 0.3) is 5.91 Å². The molecular weight excluding hydrogens is 318 g/mol. The molecule has 4 aliphatic rings. The monoisotopic (exact) mass is 347 g/mol. The largest absolute Gasteiger partial charge is 0.339 e. The quantitative estimate of drug-likeness (QED) is 0.797. The van der Waals surface area contributed by atoms with Crippen LogP contribution in [0.25, 0.3) is 0 Å². The van der Waals surface area contributed by atoms with Gasteiger partial charge < -0.3 is 10.2 Å². The van der Waals surface area contributed by atoms with Gasteiger partial charge in [0.1, 0.15) is 5.54 Å². The van der Waals surface area contributed by atoms with E-state index in [0.29, 0.717) is 12.0 Å². The highest BCUT2D eigenvalue weighted by Gasteiger charge is 2.52. The lowest BCUT2D eigenvalue weighted by molar-refractivity contribution is -0.138. The van der Waals surface area contributed by atoms with Crippen LogP contribution in [0.5, 0.6) is 0 Å². The Bertz CT molecular complexity index is 568. The van der Waals surface area contributed by atoms with Crippen LogP contribution < -0.4 is 5.32 Å². The summed E-state index contributed by atoms with van der Waals surface area (Å²) in [5, 5.41) is 2.89. The average molecular weight is 347 g/mol. The van der Waals surface area contributed by atoms with Gasteiger partial charge in [-0.05, 0) is 44.4 Å². The van der Waals surface area contributed by atoms with Crippen molar-refractivity contribution < 1.29 is 14.4 Å². The number of carbonyl (C=O) groups excluding carboxylic acids is 3. The van der Waals surface area contributed by atoms with E-state index in [1.807, 2.05) is 0 Å². The van der Waals surface area contributed by atoms with Gasteiger partial charge in [-0.15, -0.1) is 0 Å². The molecular formula is C19H29N3O3. The minimum Gasteiger partial charge on any atom is -0.339 e. The molecule has 2 saturated carbocycles. The topological polar surface area (TPSA) is 69.7 Å². The third-order valence-corrected chi connectivity index (χ3v) is 6.82. The lowest BCUT2D eigenvalue weighted by Crippen LogP contribution is -2.50. The van der Waals surface area contributed by atoms with E-state index in [1.165, 1.54) is 30.6 Å². The molecule has 4 fully saturated rings. The zero-order valence-electron chi connectivity index (χ0n) is 15.0. The van der Waals surface area contributed by atoms with Gasteiger partial charge in [0.15, 0.2) is 0 Å². The van der Waals surface area contributed by atoms with E-state index in [1.54, 1.807) is 0 Å². The maximum atomic E-state index is 12.8. The molecule has 6 heteroatoms. The maximum absolute atomic E-state index is 12.8. The second-order valence-electron chi connectivity index (χ2n) is 8.27. The van der Waals surface area contributed by atoms with Gasteiger partial charge in [-0.3, -0.25) is 14.5 Å². The van der Waals surface area contributed by atoms with Crippen molar-refractivity contribution in [1.29, 1.82) is 0 Å². The van der Waals surface area contributed by atoms with E-state index in [9.17, 15) is 14.4 Å². The number of nitrogens with one attached hydrogen (secondary N) is 1. The van der Waals surface area contributed by atoms with Crippen molar-refractivity contribution in [2.75, 3.05) is 13.1 Å². The van der Waals surface area contributed by atoms with E-state index < -0.39 is 5.54 Å². The molecule has 4 rings (SSSR count). The minimum atomic E-state index is -0.667. The van der Waals surface area contributed by atoms with Crippen molar-refractivity contribution in [3.05, 3.63) is 0 Å². The molecule has 1 N–H and O–H groups in total. The van der Waals surface area contributed by atoms with Crippen molar-refractivity contribution in [3.63, 3.8) is 0 Å².